The zero-order valence-corrected chi connectivity index (χ0v) is 21.3. The summed E-state index contributed by atoms with van der Waals surface area (Å²) in [5, 5.41) is 3.41. The van der Waals surface area contributed by atoms with Crippen molar-refractivity contribution in [1.29, 1.82) is 0 Å². The van der Waals surface area contributed by atoms with E-state index in [0.29, 0.717) is 46.7 Å². The molecule has 0 radical (unpaired) electrons. The molecule has 0 unspecified atom stereocenters. The number of likely N-dealkylation sites (tertiary alicyclic amines) is 1. The minimum Gasteiger partial charge on any atom is -0.497 e. The van der Waals surface area contributed by atoms with Gasteiger partial charge < -0.3 is 29.2 Å². The third-order valence-corrected chi connectivity index (χ3v) is 7.12. The van der Waals surface area contributed by atoms with E-state index in [1.165, 1.54) is 0 Å². The summed E-state index contributed by atoms with van der Waals surface area (Å²) in [4.78, 5) is 28.6. The molecule has 2 heterocycles. The Bertz CT molecular complexity index is 1330. The van der Waals surface area contributed by atoms with Crippen molar-refractivity contribution in [1.82, 2.24) is 10.2 Å². The maximum atomic E-state index is 13.5. The average molecular weight is 523 g/mol. The maximum absolute atomic E-state index is 13.5. The second-order valence-electron chi connectivity index (χ2n) is 8.92. The minimum atomic E-state index is -0.497. The number of halogens is 1. The Labute approximate surface area is 220 Å². The number of hydrogen-bond acceptors (Lipinski definition) is 6. The standard InChI is InChI=1S/C28H27ClN2O6/c1-34-18-8-9-19(25(12-18)35-2)21-14-31(28(33)20-5-3-4-6-23(20)29)15-22(21)27(32)30-13-17-7-10-24-26(11-17)37-16-36-24/h3-12,21-22H,13-16H2,1-2H3,(H,30,32)/t21-,22+/m0/s1. The number of carbonyl (C=O) groups excluding carboxylic acids is 2. The van der Waals surface area contributed by atoms with Gasteiger partial charge in [-0.25, -0.2) is 0 Å². The summed E-state index contributed by atoms with van der Waals surface area (Å²) in [6.45, 7) is 1.09. The Hall–Kier alpha value is -3.91. The maximum Gasteiger partial charge on any atom is 0.255 e. The number of ether oxygens (including phenoxy) is 4. The van der Waals surface area contributed by atoms with E-state index in [4.69, 9.17) is 30.5 Å². The van der Waals surface area contributed by atoms with Crippen LogP contribution < -0.4 is 24.3 Å². The minimum absolute atomic E-state index is 0.157. The number of hydrogen-bond donors (Lipinski definition) is 1. The molecule has 2 atom stereocenters. The monoisotopic (exact) mass is 522 g/mol. The molecule has 3 aromatic rings. The fourth-order valence-corrected chi connectivity index (χ4v) is 5.07. The highest BCUT2D eigenvalue weighted by molar-refractivity contribution is 6.33. The third-order valence-electron chi connectivity index (χ3n) is 6.79. The van der Waals surface area contributed by atoms with E-state index in [-0.39, 0.29) is 31.1 Å². The lowest BCUT2D eigenvalue weighted by molar-refractivity contribution is -0.125. The van der Waals surface area contributed by atoms with Gasteiger partial charge in [0.25, 0.3) is 5.91 Å². The van der Waals surface area contributed by atoms with Crippen molar-refractivity contribution in [3.63, 3.8) is 0 Å². The number of nitrogens with zero attached hydrogens (tertiary/aromatic N) is 1. The first-order chi connectivity index (χ1) is 18.0. The molecule has 0 bridgehead atoms. The van der Waals surface area contributed by atoms with Crippen LogP contribution in [0.1, 0.15) is 27.4 Å². The summed E-state index contributed by atoms with van der Waals surface area (Å²) in [6, 6.07) is 18.0. The summed E-state index contributed by atoms with van der Waals surface area (Å²) in [5.41, 5.74) is 2.13. The van der Waals surface area contributed by atoms with Crippen LogP contribution in [0.2, 0.25) is 5.02 Å². The van der Waals surface area contributed by atoms with Gasteiger partial charge in [-0.1, -0.05) is 35.9 Å². The van der Waals surface area contributed by atoms with E-state index < -0.39 is 5.92 Å². The van der Waals surface area contributed by atoms with Gasteiger partial charge in [0, 0.05) is 37.2 Å². The Morgan fingerprint density at radius 2 is 1.81 bits per heavy atom. The highest BCUT2D eigenvalue weighted by atomic mass is 35.5. The summed E-state index contributed by atoms with van der Waals surface area (Å²) < 4.78 is 21.8. The first-order valence-corrected chi connectivity index (χ1v) is 12.3. The van der Waals surface area contributed by atoms with Crippen molar-refractivity contribution in [3.05, 3.63) is 82.4 Å². The van der Waals surface area contributed by atoms with Gasteiger partial charge in [-0.05, 0) is 35.9 Å². The summed E-state index contributed by atoms with van der Waals surface area (Å²) in [6.07, 6.45) is 0. The van der Waals surface area contributed by atoms with Crippen LogP contribution >= 0.6 is 11.6 Å². The van der Waals surface area contributed by atoms with Crippen molar-refractivity contribution < 1.29 is 28.5 Å². The normalized spacial score (nSPS) is 18.0. The molecular formula is C28H27ClN2O6. The number of benzene rings is 3. The molecule has 1 saturated heterocycles. The summed E-state index contributed by atoms with van der Waals surface area (Å²) >= 11 is 6.31. The Morgan fingerprint density at radius 1 is 1.00 bits per heavy atom. The van der Waals surface area contributed by atoms with Crippen LogP contribution in [0.5, 0.6) is 23.0 Å². The zero-order valence-electron chi connectivity index (χ0n) is 20.5. The fraction of sp³-hybridized carbons (Fsp3) is 0.286. The Morgan fingerprint density at radius 3 is 2.59 bits per heavy atom. The average Bonchev–Trinajstić information content (AvgIpc) is 3.58. The van der Waals surface area contributed by atoms with Gasteiger partial charge in [0.05, 0.1) is 30.7 Å². The SMILES string of the molecule is COc1ccc([C@@H]2CN(C(=O)c3ccccc3Cl)C[C@H]2C(=O)NCc2ccc3c(c2)OCO3)c(OC)c1. The second kappa shape index (κ2) is 10.6. The lowest BCUT2D eigenvalue weighted by atomic mass is 9.87. The quantitative estimate of drug-likeness (QED) is 0.499. The molecule has 37 heavy (non-hydrogen) atoms. The Kier molecular flexibility index (Phi) is 7.10. The van der Waals surface area contributed by atoms with E-state index in [9.17, 15) is 9.59 Å². The predicted molar refractivity (Wildman–Crippen MR) is 138 cm³/mol. The molecule has 192 valence electrons. The van der Waals surface area contributed by atoms with E-state index in [0.717, 1.165) is 11.1 Å². The number of rotatable bonds is 7. The van der Waals surface area contributed by atoms with Gasteiger partial charge in [-0.3, -0.25) is 9.59 Å². The van der Waals surface area contributed by atoms with E-state index in [1.807, 2.05) is 30.3 Å². The lowest BCUT2D eigenvalue weighted by Gasteiger charge is -2.21. The molecule has 3 aromatic carbocycles. The van der Waals surface area contributed by atoms with Crippen LogP contribution in [0.25, 0.3) is 0 Å². The zero-order chi connectivity index (χ0) is 25.9. The van der Waals surface area contributed by atoms with Crippen LogP contribution in [0.15, 0.2) is 60.7 Å². The second-order valence-corrected chi connectivity index (χ2v) is 9.32. The highest BCUT2D eigenvalue weighted by Crippen LogP contribution is 2.40. The highest BCUT2D eigenvalue weighted by Gasteiger charge is 2.42. The molecule has 0 saturated carbocycles. The molecular weight excluding hydrogens is 496 g/mol. The lowest BCUT2D eigenvalue weighted by Crippen LogP contribution is -2.35. The van der Waals surface area contributed by atoms with E-state index in [2.05, 4.69) is 5.32 Å². The largest absolute Gasteiger partial charge is 0.497 e. The predicted octanol–water partition coefficient (Wildman–Crippen LogP) is 4.26. The van der Waals surface area contributed by atoms with Crippen LogP contribution in [0.3, 0.4) is 0 Å². The molecule has 1 fully saturated rings. The van der Waals surface area contributed by atoms with E-state index >= 15 is 0 Å². The summed E-state index contributed by atoms with van der Waals surface area (Å²) in [7, 11) is 3.16. The van der Waals surface area contributed by atoms with Crippen molar-refractivity contribution >= 4 is 23.4 Å². The topological polar surface area (TPSA) is 86.3 Å². The fourth-order valence-electron chi connectivity index (χ4n) is 4.85. The Balaban J connectivity index is 1.40. The molecule has 9 heteroatoms. The van der Waals surface area contributed by atoms with Gasteiger partial charge in [0.1, 0.15) is 11.5 Å². The number of amides is 2. The molecule has 2 amide bonds. The van der Waals surface area contributed by atoms with Gasteiger partial charge in [0.2, 0.25) is 12.7 Å². The van der Waals surface area contributed by atoms with Gasteiger partial charge in [-0.2, -0.15) is 0 Å². The number of methoxy groups -OCH3 is 2. The molecule has 1 N–H and O–H groups in total. The van der Waals surface area contributed by atoms with Gasteiger partial charge in [-0.15, -0.1) is 0 Å². The molecule has 5 rings (SSSR count). The summed E-state index contributed by atoms with van der Waals surface area (Å²) in [5.74, 6) is 1.43. The first-order valence-electron chi connectivity index (χ1n) is 11.9. The van der Waals surface area contributed by atoms with Crippen molar-refractivity contribution in [2.24, 2.45) is 5.92 Å². The van der Waals surface area contributed by atoms with Crippen LogP contribution in [-0.2, 0) is 11.3 Å². The van der Waals surface area contributed by atoms with Gasteiger partial charge >= 0.3 is 0 Å². The first kappa shape index (κ1) is 24.8. The number of carbonyl (C=O) groups is 2. The molecule has 2 aliphatic rings. The van der Waals surface area contributed by atoms with Crippen molar-refractivity contribution in [2.75, 3.05) is 34.1 Å². The molecule has 8 nitrogen and oxygen atoms in total. The molecule has 0 aromatic heterocycles. The van der Waals surface area contributed by atoms with Crippen molar-refractivity contribution in [3.8, 4) is 23.0 Å². The van der Waals surface area contributed by atoms with Crippen LogP contribution in [-0.4, -0.2) is 50.8 Å². The van der Waals surface area contributed by atoms with E-state index in [1.54, 1.807) is 49.5 Å². The molecule has 0 spiro atoms. The van der Waals surface area contributed by atoms with Crippen molar-refractivity contribution in [2.45, 2.75) is 12.5 Å². The van der Waals surface area contributed by atoms with Crippen LogP contribution in [0.4, 0.5) is 0 Å². The molecule has 2 aliphatic heterocycles. The smallest absolute Gasteiger partial charge is 0.255 e. The third kappa shape index (κ3) is 5.02. The number of nitrogens with one attached hydrogen (secondary N) is 1. The van der Waals surface area contributed by atoms with Crippen LogP contribution in [0, 0.1) is 5.92 Å². The molecule has 0 aliphatic carbocycles. The number of fused-ring (bicyclic) bond motifs is 1. The van der Waals surface area contributed by atoms with Gasteiger partial charge in [0.15, 0.2) is 11.5 Å².